The van der Waals surface area contributed by atoms with Crippen LogP contribution in [0.1, 0.15) is 40.0 Å². The number of carboxylic acid groups (broad SMARTS) is 1. The van der Waals surface area contributed by atoms with E-state index in [9.17, 15) is 23.9 Å². The zero-order valence-corrected chi connectivity index (χ0v) is 18.4. The Morgan fingerprint density at radius 2 is 2.07 bits per heavy atom. The lowest BCUT2D eigenvalue weighted by molar-refractivity contribution is -0.148. The van der Waals surface area contributed by atoms with Crippen molar-refractivity contribution in [3.8, 4) is 0 Å². The minimum Gasteiger partial charge on any atom is -0.480 e. The van der Waals surface area contributed by atoms with Crippen molar-refractivity contribution in [1.82, 2.24) is 20.7 Å². The fourth-order valence-electron chi connectivity index (χ4n) is 3.11. The van der Waals surface area contributed by atoms with Crippen LogP contribution in [0.25, 0.3) is 0 Å². The Kier molecular flexibility index (Phi) is 8.01. The van der Waals surface area contributed by atoms with Crippen LogP contribution in [0.4, 0.5) is 9.18 Å². The van der Waals surface area contributed by atoms with Gasteiger partial charge in [0.25, 0.3) is 5.91 Å². The molecule has 0 radical (unpaired) electrons. The summed E-state index contributed by atoms with van der Waals surface area (Å²) in [6, 6.07) is -1.85. The molecule has 3 N–H and O–H groups in total. The highest BCUT2D eigenvalue weighted by Crippen LogP contribution is 2.23. The van der Waals surface area contributed by atoms with Gasteiger partial charge in [0.05, 0.1) is 0 Å². The summed E-state index contributed by atoms with van der Waals surface area (Å²) >= 11 is 3.19. The number of alkyl carbamates (subject to hydrolysis) is 1. The van der Waals surface area contributed by atoms with Crippen LogP contribution in [-0.2, 0) is 14.3 Å². The summed E-state index contributed by atoms with van der Waals surface area (Å²) in [5.74, 6) is -1.74. The van der Waals surface area contributed by atoms with Crippen molar-refractivity contribution in [2.24, 2.45) is 0 Å². The van der Waals surface area contributed by atoms with Crippen LogP contribution < -0.4 is 10.7 Å². The van der Waals surface area contributed by atoms with Crippen molar-refractivity contribution in [3.63, 3.8) is 0 Å². The Balaban J connectivity index is 2.11. The number of hydrogen-bond donors (Lipinski definition) is 3. The fourth-order valence-corrected chi connectivity index (χ4v) is 3.67. The topological polar surface area (TPSA) is 111 Å². The number of amides is 2. The van der Waals surface area contributed by atoms with Gasteiger partial charge in [-0.05, 0) is 33.6 Å². The van der Waals surface area contributed by atoms with Gasteiger partial charge in [-0.1, -0.05) is 15.9 Å². The van der Waals surface area contributed by atoms with Crippen LogP contribution in [0.15, 0.2) is 10.3 Å². The second-order valence-electron chi connectivity index (χ2n) is 8.15. The minimum atomic E-state index is -1.04. The highest BCUT2D eigenvalue weighted by Gasteiger charge is 2.34. The fraction of sp³-hybridized carbons (Fsp3) is 0.722. The summed E-state index contributed by atoms with van der Waals surface area (Å²) in [6.45, 7) is 6.26. The molecule has 2 aliphatic heterocycles. The van der Waals surface area contributed by atoms with Gasteiger partial charge in [-0.2, -0.15) is 0 Å². The van der Waals surface area contributed by atoms with Crippen molar-refractivity contribution >= 4 is 33.9 Å². The van der Waals surface area contributed by atoms with E-state index in [1.54, 1.807) is 20.8 Å². The molecule has 0 saturated carbocycles. The second kappa shape index (κ2) is 9.86. The van der Waals surface area contributed by atoms with Crippen molar-refractivity contribution in [2.45, 2.75) is 57.7 Å². The quantitative estimate of drug-likeness (QED) is 0.551. The number of nitrogens with zero attached hydrogens (tertiary/aromatic N) is 2. The number of carboxylic acids is 1. The standard InChI is InChI=1S/C18H28BrFN4O5/c1-18(2,3)29-17(28)21-14(10-23-8-6-12(20)11(19)9-23)15(25)24-7-4-5-13(22-24)16(26)27/h13-14,22H,4-10H2,1-3H3,(H,21,28)(H,26,27)/t13-,14?/m0/s1. The molecule has 0 aliphatic carbocycles. The maximum atomic E-state index is 13.6. The van der Waals surface area contributed by atoms with Gasteiger partial charge in [-0.25, -0.2) is 14.6 Å². The molecule has 11 heteroatoms. The number of hydrazine groups is 1. The van der Waals surface area contributed by atoms with Crippen LogP contribution >= 0.6 is 15.9 Å². The molecule has 2 atom stereocenters. The normalized spacial score (nSPS) is 22.2. The zero-order valence-electron chi connectivity index (χ0n) is 16.8. The van der Waals surface area contributed by atoms with E-state index in [2.05, 4.69) is 26.7 Å². The Hall–Kier alpha value is -1.72. The molecular formula is C18H28BrFN4O5. The van der Waals surface area contributed by atoms with E-state index < -0.39 is 35.7 Å². The zero-order chi connectivity index (χ0) is 21.8. The number of ether oxygens (including phenoxy) is 1. The molecule has 29 heavy (non-hydrogen) atoms. The number of hydrogen-bond acceptors (Lipinski definition) is 6. The molecule has 0 aromatic carbocycles. The van der Waals surface area contributed by atoms with Gasteiger partial charge in [0, 0.05) is 37.1 Å². The molecule has 0 aromatic rings. The van der Waals surface area contributed by atoms with E-state index in [1.807, 2.05) is 4.90 Å². The van der Waals surface area contributed by atoms with E-state index in [0.717, 1.165) is 0 Å². The Morgan fingerprint density at radius 1 is 1.38 bits per heavy atom. The number of carbonyl (C=O) groups is 3. The maximum absolute atomic E-state index is 13.6. The van der Waals surface area contributed by atoms with E-state index in [-0.39, 0.29) is 25.3 Å². The van der Waals surface area contributed by atoms with Crippen LogP contribution in [0.3, 0.4) is 0 Å². The van der Waals surface area contributed by atoms with Crippen LogP contribution in [-0.4, -0.2) is 76.8 Å². The van der Waals surface area contributed by atoms with Gasteiger partial charge in [0.1, 0.15) is 23.5 Å². The third-order valence-electron chi connectivity index (χ3n) is 4.48. The van der Waals surface area contributed by atoms with E-state index in [4.69, 9.17) is 4.74 Å². The molecule has 1 fully saturated rings. The molecule has 0 aromatic heterocycles. The molecule has 2 aliphatic rings. The van der Waals surface area contributed by atoms with Crippen molar-refractivity contribution in [3.05, 3.63) is 10.3 Å². The van der Waals surface area contributed by atoms with Crippen molar-refractivity contribution in [2.75, 3.05) is 26.2 Å². The predicted octanol–water partition coefficient (Wildman–Crippen LogP) is 1.74. The number of carbonyl (C=O) groups excluding carboxylic acids is 2. The molecule has 9 nitrogen and oxygen atoms in total. The molecule has 164 valence electrons. The van der Waals surface area contributed by atoms with Crippen molar-refractivity contribution in [1.29, 1.82) is 0 Å². The number of nitrogens with one attached hydrogen (secondary N) is 2. The smallest absolute Gasteiger partial charge is 0.408 e. The Labute approximate surface area is 177 Å². The lowest BCUT2D eigenvalue weighted by atomic mass is 10.1. The summed E-state index contributed by atoms with van der Waals surface area (Å²) in [5, 5.41) is 13.0. The first-order valence-corrected chi connectivity index (χ1v) is 10.3. The Bertz CT molecular complexity index is 682. The molecule has 0 spiro atoms. The number of halogens is 2. The lowest BCUT2D eigenvalue weighted by Gasteiger charge is -2.36. The summed E-state index contributed by atoms with van der Waals surface area (Å²) in [4.78, 5) is 38.4. The monoisotopic (exact) mass is 478 g/mol. The largest absolute Gasteiger partial charge is 0.480 e. The highest BCUT2D eigenvalue weighted by atomic mass is 79.9. The van der Waals surface area contributed by atoms with Gasteiger partial charge >= 0.3 is 12.1 Å². The molecule has 2 amide bonds. The first-order chi connectivity index (χ1) is 13.5. The van der Waals surface area contributed by atoms with E-state index >= 15 is 0 Å². The van der Waals surface area contributed by atoms with Gasteiger partial charge in [0.15, 0.2) is 0 Å². The number of rotatable bonds is 5. The third kappa shape index (κ3) is 7.23. The molecule has 1 unspecified atom stereocenters. The SMILES string of the molecule is CC(C)(C)OC(=O)NC(CN1CCC(F)=C(Br)C1)C(=O)N1CCC[C@@H](C(=O)O)N1. The van der Waals surface area contributed by atoms with Crippen LogP contribution in [0.2, 0.25) is 0 Å². The number of aliphatic carboxylic acids is 1. The molecule has 1 saturated heterocycles. The minimum absolute atomic E-state index is 0.135. The Morgan fingerprint density at radius 3 is 2.66 bits per heavy atom. The maximum Gasteiger partial charge on any atom is 0.408 e. The van der Waals surface area contributed by atoms with Crippen LogP contribution in [0.5, 0.6) is 0 Å². The summed E-state index contributed by atoms with van der Waals surface area (Å²) in [6.07, 6.45) is 0.391. The van der Waals surface area contributed by atoms with Gasteiger partial charge in [0.2, 0.25) is 0 Å². The van der Waals surface area contributed by atoms with Crippen molar-refractivity contribution < 1.29 is 28.6 Å². The van der Waals surface area contributed by atoms with E-state index in [0.29, 0.717) is 30.4 Å². The molecule has 2 rings (SSSR count). The average molecular weight is 479 g/mol. The molecular weight excluding hydrogens is 451 g/mol. The van der Waals surface area contributed by atoms with Gasteiger partial charge in [-0.15, -0.1) is 0 Å². The summed E-state index contributed by atoms with van der Waals surface area (Å²) < 4.78 is 19.3. The average Bonchev–Trinajstić information content (AvgIpc) is 2.62. The van der Waals surface area contributed by atoms with Gasteiger partial charge in [-0.3, -0.25) is 19.5 Å². The summed E-state index contributed by atoms with van der Waals surface area (Å²) in [5.41, 5.74) is 1.96. The second-order valence-corrected chi connectivity index (χ2v) is 9.10. The molecule has 2 heterocycles. The predicted molar refractivity (Wildman–Crippen MR) is 107 cm³/mol. The highest BCUT2D eigenvalue weighted by molar-refractivity contribution is 9.11. The molecule has 0 bridgehead atoms. The van der Waals surface area contributed by atoms with Gasteiger partial charge < -0.3 is 15.2 Å². The van der Waals surface area contributed by atoms with E-state index in [1.165, 1.54) is 5.01 Å². The third-order valence-corrected chi connectivity index (χ3v) is 5.17. The lowest BCUT2D eigenvalue weighted by Crippen LogP contribution is -2.62. The summed E-state index contributed by atoms with van der Waals surface area (Å²) in [7, 11) is 0. The van der Waals surface area contributed by atoms with Crippen LogP contribution in [0, 0.1) is 0 Å². The first kappa shape index (κ1) is 23.6. The first-order valence-electron chi connectivity index (χ1n) is 9.51.